The zero-order chi connectivity index (χ0) is 18.6. The number of hydrogen-bond acceptors (Lipinski definition) is 5. The largest absolute Gasteiger partial charge is 0.490 e. The van der Waals surface area contributed by atoms with Crippen LogP contribution in [0.1, 0.15) is 31.4 Å². The van der Waals surface area contributed by atoms with E-state index in [1.54, 1.807) is 18.1 Å². The first-order chi connectivity index (χ1) is 13.2. The topological polar surface area (TPSA) is 63.7 Å². The van der Waals surface area contributed by atoms with Gasteiger partial charge in [-0.25, -0.2) is 0 Å². The summed E-state index contributed by atoms with van der Waals surface area (Å²) < 4.78 is 11.9. The highest BCUT2D eigenvalue weighted by atomic mass is 16.5. The van der Waals surface area contributed by atoms with Crippen LogP contribution in [0.4, 0.5) is 5.69 Å². The van der Waals surface area contributed by atoms with E-state index in [1.165, 1.54) is 12.8 Å². The molecular weight excluding hydrogens is 342 g/mol. The van der Waals surface area contributed by atoms with Gasteiger partial charge in [0.05, 0.1) is 17.5 Å². The van der Waals surface area contributed by atoms with Crippen LogP contribution in [0.5, 0.6) is 11.5 Å². The van der Waals surface area contributed by atoms with Crippen LogP contribution in [-0.4, -0.2) is 36.7 Å². The normalized spacial score (nSPS) is 20.1. The van der Waals surface area contributed by atoms with Gasteiger partial charge in [0.1, 0.15) is 24.1 Å². The number of rotatable bonds is 5. The number of benzene rings is 1. The summed E-state index contributed by atoms with van der Waals surface area (Å²) >= 11 is 0. The monoisotopic (exact) mass is 367 g/mol. The molecule has 0 spiro atoms. The number of nitrogens with one attached hydrogen (secondary N) is 1. The van der Waals surface area contributed by atoms with Crippen molar-refractivity contribution in [1.29, 1.82) is 0 Å². The van der Waals surface area contributed by atoms with Gasteiger partial charge < -0.3 is 14.4 Å². The van der Waals surface area contributed by atoms with Crippen molar-refractivity contribution in [1.82, 2.24) is 10.3 Å². The van der Waals surface area contributed by atoms with E-state index >= 15 is 0 Å². The summed E-state index contributed by atoms with van der Waals surface area (Å²) in [6.45, 7) is 0.768. The number of anilines is 1. The molecule has 0 bridgehead atoms. The smallest absolute Gasteiger partial charge is 0.247 e. The quantitative estimate of drug-likeness (QED) is 0.880. The SMILES string of the molecule is CN1C(=O)C(NCc2cc(OC3CCCC3)ccn2)COc2ccccc21. The van der Waals surface area contributed by atoms with Crippen LogP contribution in [0.25, 0.3) is 0 Å². The van der Waals surface area contributed by atoms with E-state index in [1.807, 2.05) is 36.4 Å². The van der Waals surface area contributed by atoms with Crippen molar-refractivity contribution in [3.63, 3.8) is 0 Å². The van der Waals surface area contributed by atoms with Crippen LogP contribution in [0.2, 0.25) is 0 Å². The van der Waals surface area contributed by atoms with E-state index in [4.69, 9.17) is 9.47 Å². The van der Waals surface area contributed by atoms with Gasteiger partial charge in [0, 0.05) is 25.9 Å². The number of likely N-dealkylation sites (N-methyl/N-ethyl adjacent to an activating group) is 1. The average molecular weight is 367 g/mol. The molecule has 142 valence electrons. The van der Waals surface area contributed by atoms with Crippen molar-refractivity contribution in [2.75, 3.05) is 18.6 Å². The number of carbonyl (C=O) groups excluding carboxylic acids is 1. The number of aromatic nitrogens is 1. The molecule has 1 aliphatic heterocycles. The fourth-order valence-corrected chi connectivity index (χ4v) is 3.65. The van der Waals surface area contributed by atoms with Gasteiger partial charge in [-0.3, -0.25) is 15.1 Å². The van der Waals surface area contributed by atoms with E-state index in [0.717, 1.165) is 35.7 Å². The molecular formula is C21H25N3O3. The summed E-state index contributed by atoms with van der Waals surface area (Å²) in [5.74, 6) is 1.56. The number of fused-ring (bicyclic) bond motifs is 1. The number of nitrogens with zero attached hydrogens (tertiary/aromatic N) is 2. The van der Waals surface area contributed by atoms with Crippen molar-refractivity contribution in [2.24, 2.45) is 0 Å². The minimum absolute atomic E-state index is 0.0155. The van der Waals surface area contributed by atoms with Crippen molar-refractivity contribution < 1.29 is 14.3 Å². The summed E-state index contributed by atoms with van der Waals surface area (Å²) in [5, 5.41) is 3.28. The molecule has 1 amide bonds. The van der Waals surface area contributed by atoms with E-state index in [-0.39, 0.29) is 5.91 Å². The second-order valence-electron chi connectivity index (χ2n) is 7.12. The molecule has 1 aliphatic carbocycles. The van der Waals surface area contributed by atoms with Crippen LogP contribution in [0.3, 0.4) is 0 Å². The minimum atomic E-state index is -0.427. The Balaban J connectivity index is 1.39. The standard InChI is InChI=1S/C21H25N3O3/c1-24-19-8-4-5-9-20(19)26-14-18(21(24)25)23-13-15-12-17(10-11-22-15)27-16-6-2-3-7-16/h4-5,8-12,16,18,23H,2-3,6-7,13-14H2,1H3. The molecule has 1 saturated carbocycles. The molecule has 0 radical (unpaired) electrons. The lowest BCUT2D eigenvalue weighted by molar-refractivity contribution is -0.120. The van der Waals surface area contributed by atoms with E-state index in [9.17, 15) is 4.79 Å². The van der Waals surface area contributed by atoms with Gasteiger partial charge >= 0.3 is 0 Å². The van der Waals surface area contributed by atoms with Crippen LogP contribution < -0.4 is 19.7 Å². The van der Waals surface area contributed by atoms with Gasteiger partial charge in [-0.05, 0) is 43.9 Å². The molecule has 27 heavy (non-hydrogen) atoms. The molecule has 0 saturated heterocycles. The van der Waals surface area contributed by atoms with Crippen LogP contribution in [0.15, 0.2) is 42.6 Å². The maximum atomic E-state index is 12.8. The second-order valence-corrected chi connectivity index (χ2v) is 7.12. The van der Waals surface area contributed by atoms with Gasteiger partial charge in [-0.2, -0.15) is 0 Å². The molecule has 2 aliphatic rings. The average Bonchev–Trinajstić information content (AvgIpc) is 3.16. The maximum absolute atomic E-state index is 12.8. The predicted molar refractivity (Wildman–Crippen MR) is 103 cm³/mol. The summed E-state index contributed by atoms with van der Waals surface area (Å²) in [5.41, 5.74) is 1.64. The number of amides is 1. The van der Waals surface area contributed by atoms with Gasteiger partial charge in [0.15, 0.2) is 0 Å². The van der Waals surface area contributed by atoms with Crippen LogP contribution in [-0.2, 0) is 11.3 Å². The highest BCUT2D eigenvalue weighted by molar-refractivity contribution is 5.98. The lowest BCUT2D eigenvalue weighted by Crippen LogP contribution is -2.46. The Hall–Kier alpha value is -2.60. The molecule has 1 atom stereocenters. The molecule has 1 N–H and O–H groups in total. The summed E-state index contributed by atoms with van der Waals surface area (Å²) in [7, 11) is 1.78. The molecule has 1 aromatic carbocycles. The zero-order valence-corrected chi connectivity index (χ0v) is 15.6. The molecule has 1 fully saturated rings. The van der Waals surface area contributed by atoms with Gasteiger partial charge in [-0.15, -0.1) is 0 Å². The number of hydrogen-bond donors (Lipinski definition) is 1. The highest BCUT2D eigenvalue weighted by Gasteiger charge is 2.28. The van der Waals surface area contributed by atoms with Gasteiger partial charge in [-0.1, -0.05) is 12.1 Å². The Morgan fingerprint density at radius 2 is 2.07 bits per heavy atom. The van der Waals surface area contributed by atoms with E-state index < -0.39 is 6.04 Å². The first-order valence-corrected chi connectivity index (χ1v) is 9.55. The summed E-state index contributed by atoms with van der Waals surface area (Å²) in [6, 6.07) is 11.0. The number of pyridine rings is 1. The molecule has 4 rings (SSSR count). The summed E-state index contributed by atoms with van der Waals surface area (Å²) in [6.07, 6.45) is 6.80. The third-order valence-corrected chi connectivity index (χ3v) is 5.18. The third kappa shape index (κ3) is 4.06. The summed E-state index contributed by atoms with van der Waals surface area (Å²) in [4.78, 5) is 18.8. The van der Waals surface area contributed by atoms with Crippen molar-refractivity contribution in [2.45, 2.75) is 44.4 Å². The second kappa shape index (κ2) is 7.96. The van der Waals surface area contributed by atoms with Crippen molar-refractivity contribution in [3.8, 4) is 11.5 Å². The van der Waals surface area contributed by atoms with Gasteiger partial charge in [0.2, 0.25) is 5.91 Å². The molecule has 1 aromatic heterocycles. The fraction of sp³-hybridized carbons (Fsp3) is 0.429. The third-order valence-electron chi connectivity index (χ3n) is 5.18. The predicted octanol–water partition coefficient (Wildman–Crippen LogP) is 2.92. The fourth-order valence-electron chi connectivity index (χ4n) is 3.65. The Kier molecular flexibility index (Phi) is 5.25. The lowest BCUT2D eigenvalue weighted by atomic mass is 10.2. The van der Waals surface area contributed by atoms with Crippen LogP contribution >= 0.6 is 0 Å². The molecule has 2 aromatic rings. The first-order valence-electron chi connectivity index (χ1n) is 9.55. The highest BCUT2D eigenvalue weighted by Crippen LogP contribution is 2.30. The lowest BCUT2D eigenvalue weighted by Gasteiger charge is -2.20. The Bertz CT molecular complexity index is 805. The maximum Gasteiger partial charge on any atom is 0.247 e. The van der Waals surface area contributed by atoms with Crippen molar-refractivity contribution in [3.05, 3.63) is 48.3 Å². The van der Waals surface area contributed by atoms with E-state index in [0.29, 0.717) is 19.3 Å². The number of carbonyl (C=O) groups is 1. The molecule has 2 heterocycles. The first kappa shape index (κ1) is 17.8. The van der Waals surface area contributed by atoms with Crippen molar-refractivity contribution >= 4 is 11.6 Å². The molecule has 6 heteroatoms. The minimum Gasteiger partial charge on any atom is -0.490 e. The Labute approximate surface area is 159 Å². The Morgan fingerprint density at radius 3 is 2.93 bits per heavy atom. The van der Waals surface area contributed by atoms with E-state index in [2.05, 4.69) is 10.3 Å². The molecule has 1 unspecified atom stereocenters. The Morgan fingerprint density at radius 1 is 1.26 bits per heavy atom. The van der Waals surface area contributed by atoms with Crippen LogP contribution in [0, 0.1) is 0 Å². The zero-order valence-electron chi connectivity index (χ0n) is 15.6. The van der Waals surface area contributed by atoms with Gasteiger partial charge in [0.25, 0.3) is 0 Å². The number of para-hydroxylation sites is 2. The number of ether oxygens (including phenoxy) is 2. The molecule has 6 nitrogen and oxygen atoms in total.